The zero-order valence-corrected chi connectivity index (χ0v) is 10.6. The molecule has 0 radical (unpaired) electrons. The summed E-state index contributed by atoms with van der Waals surface area (Å²) < 4.78 is 0. The Bertz CT molecular complexity index is 382. The second-order valence-corrected chi connectivity index (χ2v) is 4.32. The Morgan fingerprint density at radius 3 is 2.75 bits per heavy atom. The molecule has 0 saturated heterocycles. The number of hydrogen-bond donors (Lipinski definition) is 1. The highest BCUT2D eigenvalue weighted by Crippen LogP contribution is 2.16. The molecule has 1 aromatic rings. The van der Waals surface area contributed by atoms with Crippen LogP contribution in [-0.2, 0) is 0 Å². The molecule has 0 atom stereocenters. The lowest BCUT2D eigenvalue weighted by Gasteiger charge is -2.10. The fourth-order valence-electron chi connectivity index (χ4n) is 1.05. The number of carbonyl (C=O) groups excluding carboxylic acids is 1. The Morgan fingerprint density at radius 2 is 2.12 bits per heavy atom. The summed E-state index contributed by atoms with van der Waals surface area (Å²) in [6, 6.07) is 3.10. The maximum atomic E-state index is 11.7. The zero-order chi connectivity index (χ0) is 12.1. The normalized spacial score (nSPS) is 10.6. The van der Waals surface area contributed by atoms with Crippen LogP contribution in [0.5, 0.6) is 0 Å². The van der Waals surface area contributed by atoms with Crippen molar-refractivity contribution >= 4 is 29.1 Å². The van der Waals surface area contributed by atoms with E-state index in [1.807, 2.05) is 19.0 Å². The number of nitrogens with one attached hydrogen (secondary N) is 1. The standard InChI is InChI=1S/C10H13Cl2N3O/c1-15(2)6-5-13-10(16)9-7(11)3-4-8(12)14-9/h3-4H,5-6H2,1-2H3,(H,13,16). The molecule has 6 heteroatoms. The summed E-state index contributed by atoms with van der Waals surface area (Å²) in [6.07, 6.45) is 0. The summed E-state index contributed by atoms with van der Waals surface area (Å²) in [4.78, 5) is 17.5. The number of nitrogens with zero attached hydrogens (tertiary/aromatic N) is 2. The van der Waals surface area contributed by atoms with Crippen LogP contribution in [-0.4, -0.2) is 43.0 Å². The molecule has 0 aliphatic heterocycles. The number of carbonyl (C=O) groups is 1. The molecule has 1 aromatic heterocycles. The highest BCUT2D eigenvalue weighted by atomic mass is 35.5. The number of hydrogen-bond acceptors (Lipinski definition) is 3. The Labute approximate surface area is 105 Å². The van der Waals surface area contributed by atoms with Crippen molar-refractivity contribution < 1.29 is 4.79 Å². The van der Waals surface area contributed by atoms with E-state index in [0.29, 0.717) is 11.6 Å². The van der Waals surface area contributed by atoms with Crippen molar-refractivity contribution in [1.82, 2.24) is 15.2 Å². The van der Waals surface area contributed by atoms with E-state index < -0.39 is 0 Å². The third-order valence-corrected chi connectivity index (χ3v) is 2.39. The number of rotatable bonds is 4. The van der Waals surface area contributed by atoms with Gasteiger partial charge in [0.05, 0.1) is 5.02 Å². The van der Waals surface area contributed by atoms with Gasteiger partial charge in [-0.3, -0.25) is 4.79 Å². The number of likely N-dealkylation sites (N-methyl/N-ethyl adjacent to an activating group) is 1. The lowest BCUT2D eigenvalue weighted by atomic mass is 10.3. The van der Waals surface area contributed by atoms with Gasteiger partial charge in [-0.1, -0.05) is 23.2 Å². The van der Waals surface area contributed by atoms with Gasteiger partial charge in [0.15, 0.2) is 0 Å². The maximum Gasteiger partial charge on any atom is 0.271 e. The van der Waals surface area contributed by atoms with E-state index in [0.717, 1.165) is 6.54 Å². The third-order valence-electron chi connectivity index (χ3n) is 1.87. The van der Waals surface area contributed by atoms with Gasteiger partial charge in [0.1, 0.15) is 10.8 Å². The molecular weight excluding hydrogens is 249 g/mol. The Morgan fingerprint density at radius 1 is 1.44 bits per heavy atom. The van der Waals surface area contributed by atoms with Crippen LogP contribution in [0.4, 0.5) is 0 Å². The monoisotopic (exact) mass is 261 g/mol. The second-order valence-electron chi connectivity index (χ2n) is 3.52. The van der Waals surface area contributed by atoms with E-state index in [2.05, 4.69) is 10.3 Å². The van der Waals surface area contributed by atoms with E-state index in [1.165, 1.54) is 0 Å². The summed E-state index contributed by atoms with van der Waals surface area (Å²) in [7, 11) is 3.85. The van der Waals surface area contributed by atoms with Gasteiger partial charge in [-0.05, 0) is 26.2 Å². The van der Waals surface area contributed by atoms with E-state index >= 15 is 0 Å². The van der Waals surface area contributed by atoms with Crippen molar-refractivity contribution in [3.05, 3.63) is 28.0 Å². The lowest BCUT2D eigenvalue weighted by molar-refractivity contribution is 0.0946. The molecule has 4 nitrogen and oxygen atoms in total. The summed E-state index contributed by atoms with van der Waals surface area (Å²) in [5, 5.41) is 3.26. The highest BCUT2D eigenvalue weighted by Gasteiger charge is 2.12. The van der Waals surface area contributed by atoms with E-state index in [-0.39, 0.29) is 16.8 Å². The van der Waals surface area contributed by atoms with Crippen LogP contribution in [0.2, 0.25) is 10.2 Å². The molecule has 1 rings (SSSR count). The Kier molecular flexibility index (Phi) is 4.99. The minimum absolute atomic E-state index is 0.160. The van der Waals surface area contributed by atoms with Gasteiger partial charge in [0.2, 0.25) is 0 Å². The molecule has 1 N–H and O–H groups in total. The average molecular weight is 262 g/mol. The predicted molar refractivity (Wildman–Crippen MR) is 65.1 cm³/mol. The van der Waals surface area contributed by atoms with Crippen molar-refractivity contribution in [3.8, 4) is 0 Å². The third kappa shape index (κ3) is 3.96. The summed E-state index contributed by atoms with van der Waals surface area (Å²) in [5.41, 5.74) is 0.160. The summed E-state index contributed by atoms with van der Waals surface area (Å²) in [5.74, 6) is -0.311. The Balaban J connectivity index is 2.62. The van der Waals surface area contributed by atoms with Gasteiger partial charge >= 0.3 is 0 Å². The van der Waals surface area contributed by atoms with E-state index in [1.54, 1.807) is 12.1 Å². The van der Waals surface area contributed by atoms with Crippen molar-refractivity contribution in [2.75, 3.05) is 27.2 Å². The Hall–Kier alpha value is -0.840. The van der Waals surface area contributed by atoms with Crippen LogP contribution < -0.4 is 5.32 Å². The first kappa shape index (κ1) is 13.2. The predicted octanol–water partition coefficient (Wildman–Crippen LogP) is 1.68. The molecular formula is C10H13Cl2N3O. The molecule has 88 valence electrons. The molecule has 0 aromatic carbocycles. The number of aromatic nitrogens is 1. The molecule has 16 heavy (non-hydrogen) atoms. The van der Waals surface area contributed by atoms with Gasteiger partial charge in [-0.2, -0.15) is 0 Å². The number of halogens is 2. The van der Waals surface area contributed by atoms with Gasteiger partial charge in [0.25, 0.3) is 5.91 Å². The van der Waals surface area contributed by atoms with Gasteiger partial charge < -0.3 is 10.2 Å². The first-order valence-electron chi connectivity index (χ1n) is 4.75. The van der Waals surface area contributed by atoms with Gasteiger partial charge in [-0.25, -0.2) is 4.98 Å². The van der Waals surface area contributed by atoms with Crippen molar-refractivity contribution in [1.29, 1.82) is 0 Å². The highest BCUT2D eigenvalue weighted by molar-refractivity contribution is 6.34. The molecule has 0 fully saturated rings. The van der Waals surface area contributed by atoms with Gasteiger partial charge in [-0.15, -0.1) is 0 Å². The molecule has 0 aliphatic carbocycles. The number of amides is 1. The number of pyridine rings is 1. The first-order valence-corrected chi connectivity index (χ1v) is 5.51. The van der Waals surface area contributed by atoms with Crippen LogP contribution in [0.3, 0.4) is 0 Å². The van der Waals surface area contributed by atoms with Crippen molar-refractivity contribution in [3.63, 3.8) is 0 Å². The largest absolute Gasteiger partial charge is 0.349 e. The molecule has 0 aliphatic rings. The average Bonchev–Trinajstić information content (AvgIpc) is 2.21. The topological polar surface area (TPSA) is 45.2 Å². The smallest absolute Gasteiger partial charge is 0.271 e. The van der Waals surface area contributed by atoms with Crippen LogP contribution in [0.1, 0.15) is 10.5 Å². The summed E-state index contributed by atoms with van der Waals surface area (Å²) in [6.45, 7) is 1.29. The molecule has 1 amide bonds. The van der Waals surface area contributed by atoms with Crippen LogP contribution in [0.15, 0.2) is 12.1 Å². The van der Waals surface area contributed by atoms with Gasteiger partial charge in [0, 0.05) is 13.1 Å². The molecule has 0 unspecified atom stereocenters. The first-order chi connectivity index (χ1) is 7.50. The molecule has 0 saturated carbocycles. The van der Waals surface area contributed by atoms with Crippen molar-refractivity contribution in [2.24, 2.45) is 0 Å². The zero-order valence-electron chi connectivity index (χ0n) is 9.13. The van der Waals surface area contributed by atoms with E-state index in [4.69, 9.17) is 23.2 Å². The SMILES string of the molecule is CN(C)CCNC(=O)c1nc(Cl)ccc1Cl. The van der Waals surface area contributed by atoms with Crippen LogP contribution >= 0.6 is 23.2 Å². The minimum atomic E-state index is -0.311. The van der Waals surface area contributed by atoms with E-state index in [9.17, 15) is 4.79 Å². The fourth-order valence-corrected chi connectivity index (χ4v) is 1.39. The fraction of sp³-hybridized carbons (Fsp3) is 0.400. The van der Waals surface area contributed by atoms with Crippen molar-refractivity contribution in [2.45, 2.75) is 0 Å². The summed E-state index contributed by atoms with van der Waals surface area (Å²) >= 11 is 11.5. The van der Waals surface area contributed by atoms with Crippen LogP contribution in [0, 0.1) is 0 Å². The molecule has 0 spiro atoms. The minimum Gasteiger partial charge on any atom is -0.349 e. The van der Waals surface area contributed by atoms with Crippen LogP contribution in [0.25, 0.3) is 0 Å². The second kappa shape index (κ2) is 6.03. The maximum absolute atomic E-state index is 11.7. The molecule has 1 heterocycles. The lowest BCUT2D eigenvalue weighted by Crippen LogP contribution is -2.32. The quantitative estimate of drug-likeness (QED) is 0.840. The molecule has 0 bridgehead atoms.